The molecule has 370 valence electrons. The Morgan fingerprint density at radius 1 is 0.887 bits per heavy atom. The number of anilines is 2. The molecule has 2 aromatic heterocycles. The Hall–Kier alpha value is -6.99. The minimum Gasteiger partial charge on any atom is -0.508 e. The molecule has 0 radical (unpaired) electrons. The number of benzene rings is 3. The number of halogens is 1. The van der Waals surface area contributed by atoms with Gasteiger partial charge in [-0.2, -0.15) is 9.97 Å². The molecule has 6 saturated heterocycles. The highest BCUT2D eigenvalue weighted by atomic mass is 19.1. The number of aryl methyl sites for hydroxylation is 1. The number of nitrogens with one attached hydrogen (secondary N) is 2. The number of rotatable bonds is 8. The van der Waals surface area contributed by atoms with Gasteiger partial charge in [0.2, 0.25) is 11.8 Å². The van der Waals surface area contributed by atoms with Crippen molar-refractivity contribution in [2.45, 2.75) is 88.4 Å². The SMILES string of the molecule is CCc1cccc2cc(O)cc(-c3ncc4c(N5CC6CCC(C5)N6)nc(OCC56CCCN5CCC6)nc4c3F)c12.COC(=O)N1CCN(c2cccc3c2C(=O)N(C2CCC(=O)NC2=O)C3=O)CC1. The lowest BCUT2D eigenvalue weighted by molar-refractivity contribution is -0.136. The zero-order valence-electron chi connectivity index (χ0n) is 39.9. The van der Waals surface area contributed by atoms with Gasteiger partial charge in [0.1, 0.15) is 35.4 Å². The average Bonchev–Trinajstić information content (AvgIpc) is 4.13. The van der Waals surface area contributed by atoms with Crippen molar-refractivity contribution >= 4 is 62.9 Å². The highest BCUT2D eigenvalue weighted by molar-refractivity contribution is 6.25. The van der Waals surface area contributed by atoms with E-state index in [4.69, 9.17) is 19.4 Å². The summed E-state index contributed by atoms with van der Waals surface area (Å²) in [5.41, 5.74) is 3.16. The molecule has 19 heteroatoms. The lowest BCUT2D eigenvalue weighted by atomic mass is 9.95. The van der Waals surface area contributed by atoms with Gasteiger partial charge in [-0.3, -0.25) is 39.3 Å². The zero-order valence-corrected chi connectivity index (χ0v) is 39.9. The molecule has 3 unspecified atom stereocenters. The summed E-state index contributed by atoms with van der Waals surface area (Å²) < 4.78 is 27.9. The Morgan fingerprint density at radius 3 is 2.35 bits per heavy atom. The minimum atomic E-state index is -0.996. The number of hydrogen-bond donors (Lipinski definition) is 3. The molecule has 9 heterocycles. The van der Waals surface area contributed by atoms with Crippen LogP contribution >= 0.6 is 0 Å². The lowest BCUT2D eigenvalue weighted by Gasteiger charge is -2.36. The number of nitrogens with zero attached hydrogens (tertiary/aromatic N) is 8. The van der Waals surface area contributed by atoms with Gasteiger partial charge in [-0.05, 0) is 105 Å². The normalized spacial score (nSPS) is 22.7. The van der Waals surface area contributed by atoms with E-state index in [-0.39, 0.29) is 52.5 Å². The van der Waals surface area contributed by atoms with Crippen molar-refractivity contribution in [3.63, 3.8) is 0 Å². The van der Waals surface area contributed by atoms with Crippen molar-refractivity contribution < 1.29 is 42.9 Å². The summed E-state index contributed by atoms with van der Waals surface area (Å²) in [6.45, 7) is 8.23. The van der Waals surface area contributed by atoms with Crippen molar-refractivity contribution in [2.75, 3.05) is 75.9 Å². The first kappa shape index (κ1) is 46.4. The van der Waals surface area contributed by atoms with Crippen molar-refractivity contribution in [3.05, 3.63) is 77.2 Å². The number of piperazine rings is 2. The number of carbonyl (C=O) groups excluding carboxylic acids is 5. The number of imide groups is 2. The minimum absolute atomic E-state index is 0.0333. The summed E-state index contributed by atoms with van der Waals surface area (Å²) in [7, 11) is 1.33. The number of aromatic hydroxyl groups is 1. The highest BCUT2D eigenvalue weighted by Gasteiger charge is 2.47. The molecule has 0 spiro atoms. The second kappa shape index (κ2) is 18.6. The summed E-state index contributed by atoms with van der Waals surface area (Å²) in [5.74, 6) is -1.87. The van der Waals surface area contributed by atoms with Crippen LogP contribution < -0.4 is 25.2 Å². The second-order valence-electron chi connectivity index (χ2n) is 19.7. The molecule has 18 nitrogen and oxygen atoms in total. The monoisotopic (exact) mass is 968 g/mol. The van der Waals surface area contributed by atoms with Gasteiger partial charge in [0.15, 0.2) is 5.82 Å². The molecule has 71 heavy (non-hydrogen) atoms. The second-order valence-corrected chi connectivity index (χ2v) is 19.7. The summed E-state index contributed by atoms with van der Waals surface area (Å²) in [6, 6.07) is 14.3. The largest absolute Gasteiger partial charge is 0.508 e. The van der Waals surface area contributed by atoms with E-state index in [1.165, 1.54) is 20.0 Å². The van der Waals surface area contributed by atoms with Crippen molar-refractivity contribution in [1.82, 2.24) is 40.3 Å². The highest BCUT2D eigenvalue weighted by Crippen LogP contribution is 2.42. The topological polar surface area (TPSA) is 203 Å². The maximum atomic E-state index is 16.8. The van der Waals surface area contributed by atoms with E-state index in [1.54, 1.807) is 41.4 Å². The fourth-order valence-electron chi connectivity index (χ4n) is 12.1. The first-order valence-electron chi connectivity index (χ1n) is 24.9. The van der Waals surface area contributed by atoms with Crippen LogP contribution in [0.2, 0.25) is 0 Å². The summed E-state index contributed by atoms with van der Waals surface area (Å²) in [5, 5.41) is 18.8. The van der Waals surface area contributed by atoms with Gasteiger partial charge in [0.05, 0.1) is 34.8 Å². The Labute approximate surface area is 409 Å². The molecule has 12 rings (SSSR count). The van der Waals surface area contributed by atoms with E-state index in [2.05, 4.69) is 32.3 Å². The number of hydrogen-bond acceptors (Lipinski definition) is 15. The summed E-state index contributed by atoms with van der Waals surface area (Å²) in [6.07, 6.45) is 9.11. The van der Waals surface area contributed by atoms with E-state index in [1.807, 2.05) is 23.1 Å². The molecular weight excluding hydrogens is 912 g/mol. The predicted molar refractivity (Wildman–Crippen MR) is 261 cm³/mol. The molecule has 6 fully saturated rings. The molecule has 5 amide bonds. The number of piperidine rings is 1. The fourth-order valence-corrected chi connectivity index (χ4v) is 12.1. The molecule has 3 N–H and O–H groups in total. The van der Waals surface area contributed by atoms with Crippen LogP contribution in [-0.2, 0) is 20.7 Å². The van der Waals surface area contributed by atoms with Crippen LogP contribution in [0.5, 0.6) is 11.8 Å². The lowest BCUT2D eigenvalue weighted by Crippen LogP contribution is -2.54. The first-order chi connectivity index (χ1) is 34.4. The number of methoxy groups -OCH3 is 1. The van der Waals surface area contributed by atoms with E-state index >= 15 is 4.39 Å². The molecule has 3 atom stereocenters. The van der Waals surface area contributed by atoms with Gasteiger partial charge >= 0.3 is 12.1 Å². The van der Waals surface area contributed by atoms with Crippen molar-refractivity contribution in [3.8, 4) is 23.0 Å². The number of carbonyl (C=O) groups is 5. The standard InChI is InChI=1S/C33H37FN6O2.C19H20N4O6/c1-2-20-6-3-7-21-14-24(41)15-25(27(20)21)29-28(34)30-26(16-35-29)31(39-17-22-8-9-23(18-39)36-22)38-32(37-30)42-19-33-10-4-12-40(33)13-5-11-33;1-29-19(28)22-9-7-21(8-10-22)12-4-2-3-11-15(12)18(27)23(17(11)26)13-5-6-14(24)20-16(13)25/h3,6-7,14-16,22-23,36,41H,2,4-5,8-13,17-19H2,1H3;2-4,13H,5-10H2,1H3,(H,20,24,25). The number of aromatic nitrogens is 3. The molecule has 7 aliphatic rings. The number of amides is 5. The van der Waals surface area contributed by atoms with Crippen molar-refractivity contribution in [1.29, 1.82) is 0 Å². The van der Waals surface area contributed by atoms with Gasteiger partial charge in [-0.1, -0.05) is 31.2 Å². The van der Waals surface area contributed by atoms with E-state index in [0.29, 0.717) is 67.3 Å². The molecule has 3 aromatic carbocycles. The zero-order chi connectivity index (χ0) is 49.1. The number of phenols is 1. The third-order valence-electron chi connectivity index (χ3n) is 15.6. The Morgan fingerprint density at radius 2 is 1.63 bits per heavy atom. The third-order valence-corrected chi connectivity index (χ3v) is 15.6. The predicted octanol–water partition coefficient (Wildman–Crippen LogP) is 5.18. The van der Waals surface area contributed by atoms with Crippen LogP contribution in [0.25, 0.3) is 32.9 Å². The van der Waals surface area contributed by atoms with E-state index < -0.39 is 41.6 Å². The van der Waals surface area contributed by atoms with Crippen LogP contribution in [0.15, 0.2) is 54.7 Å². The van der Waals surface area contributed by atoms with Gasteiger partial charge in [-0.15, -0.1) is 0 Å². The molecule has 0 aliphatic carbocycles. The number of pyridine rings is 1. The van der Waals surface area contributed by atoms with Crippen LogP contribution in [0.1, 0.15) is 84.6 Å². The molecule has 7 aliphatic heterocycles. The third kappa shape index (κ3) is 8.31. The van der Waals surface area contributed by atoms with Gasteiger partial charge in [-0.25, -0.2) is 9.18 Å². The van der Waals surface area contributed by atoms with Gasteiger partial charge in [0, 0.05) is 69.5 Å². The Balaban J connectivity index is 0.000000165. The smallest absolute Gasteiger partial charge is 0.409 e. The maximum Gasteiger partial charge on any atom is 0.409 e. The van der Waals surface area contributed by atoms with E-state index in [0.717, 1.165) is 79.5 Å². The molecule has 0 saturated carbocycles. The van der Waals surface area contributed by atoms with Crippen LogP contribution in [0.3, 0.4) is 0 Å². The number of ether oxygens (including phenoxy) is 2. The van der Waals surface area contributed by atoms with Gasteiger partial charge in [0.25, 0.3) is 11.8 Å². The average molecular weight is 969 g/mol. The number of phenolic OH excluding ortho intramolecular Hbond substituents is 1. The first-order valence-corrected chi connectivity index (χ1v) is 24.9. The Kier molecular flexibility index (Phi) is 12.2. The van der Waals surface area contributed by atoms with E-state index in [9.17, 15) is 29.1 Å². The fraction of sp³-hybridized carbons (Fsp3) is 0.462. The maximum absolute atomic E-state index is 16.8. The molecule has 5 aromatic rings. The number of fused-ring (bicyclic) bond motifs is 6. The molecule has 2 bridgehead atoms. The van der Waals surface area contributed by atoms with Gasteiger partial charge < -0.3 is 34.6 Å². The van der Waals surface area contributed by atoms with Crippen LogP contribution in [0, 0.1) is 5.82 Å². The van der Waals surface area contributed by atoms with Crippen molar-refractivity contribution in [2.24, 2.45) is 0 Å². The summed E-state index contributed by atoms with van der Waals surface area (Å²) in [4.78, 5) is 84.9. The van der Waals surface area contributed by atoms with Crippen LogP contribution in [0.4, 0.5) is 20.7 Å². The quantitative estimate of drug-likeness (QED) is 0.172. The molecular formula is C52H57FN10O8. The summed E-state index contributed by atoms with van der Waals surface area (Å²) >= 11 is 0. The Bertz CT molecular complexity index is 2980. The van der Waals surface area contributed by atoms with Crippen LogP contribution in [-0.4, -0.2) is 154 Å².